The fourth-order valence-electron chi connectivity index (χ4n) is 2.95. The van der Waals surface area contributed by atoms with Crippen LogP contribution >= 0.6 is 23.2 Å². The first-order valence-corrected chi connectivity index (χ1v) is 8.23. The molecule has 0 spiro atoms. The Morgan fingerprint density at radius 3 is 2.70 bits per heavy atom. The summed E-state index contributed by atoms with van der Waals surface area (Å²) in [5.74, 6) is 1.87. The minimum Gasteiger partial charge on any atom is -0.381 e. The summed E-state index contributed by atoms with van der Waals surface area (Å²) in [6.45, 7) is 3.86. The summed E-state index contributed by atoms with van der Waals surface area (Å²) in [6.07, 6.45) is 3.83. The molecule has 0 aromatic heterocycles. The van der Waals surface area contributed by atoms with Crippen molar-refractivity contribution in [3.05, 3.63) is 33.8 Å². The van der Waals surface area contributed by atoms with Crippen molar-refractivity contribution in [1.29, 1.82) is 0 Å². The normalized spacial score (nSPS) is 26.7. The van der Waals surface area contributed by atoms with Crippen LogP contribution in [0.15, 0.2) is 18.2 Å². The van der Waals surface area contributed by atoms with Gasteiger partial charge in [-0.05, 0) is 55.3 Å². The van der Waals surface area contributed by atoms with Gasteiger partial charge in [-0.1, -0.05) is 29.3 Å². The highest BCUT2D eigenvalue weighted by Crippen LogP contribution is 2.35. The van der Waals surface area contributed by atoms with E-state index in [4.69, 9.17) is 27.9 Å². The van der Waals surface area contributed by atoms with Crippen molar-refractivity contribution in [3.8, 4) is 0 Å². The average molecular weight is 314 g/mol. The maximum Gasteiger partial charge on any atom is 0.0595 e. The van der Waals surface area contributed by atoms with Gasteiger partial charge in [-0.15, -0.1) is 0 Å². The predicted molar refractivity (Wildman–Crippen MR) is 83.7 cm³/mol. The van der Waals surface area contributed by atoms with Crippen molar-refractivity contribution < 1.29 is 4.74 Å². The fraction of sp³-hybridized carbons (Fsp3) is 0.625. The summed E-state index contributed by atoms with van der Waals surface area (Å²) in [6, 6.07) is 6.04. The van der Waals surface area contributed by atoms with Gasteiger partial charge < -0.3 is 10.1 Å². The molecule has 0 unspecified atom stereocenters. The zero-order chi connectivity index (χ0) is 13.9. The Hall–Kier alpha value is -0.280. The van der Waals surface area contributed by atoms with Gasteiger partial charge >= 0.3 is 0 Å². The van der Waals surface area contributed by atoms with Gasteiger partial charge in [0.1, 0.15) is 0 Å². The highest BCUT2D eigenvalue weighted by Gasteiger charge is 2.28. The van der Waals surface area contributed by atoms with Crippen molar-refractivity contribution in [1.82, 2.24) is 5.32 Å². The molecule has 1 aliphatic carbocycles. The van der Waals surface area contributed by atoms with Gasteiger partial charge in [-0.3, -0.25) is 0 Å². The van der Waals surface area contributed by atoms with Crippen LogP contribution in [0.4, 0.5) is 0 Å². The van der Waals surface area contributed by atoms with E-state index in [1.165, 1.54) is 18.4 Å². The number of piperidine rings is 1. The van der Waals surface area contributed by atoms with Gasteiger partial charge in [0.25, 0.3) is 0 Å². The summed E-state index contributed by atoms with van der Waals surface area (Å²) in [5.41, 5.74) is 1.29. The standard InChI is InChI=1S/C16H21Cl2NO/c17-15-4-3-12(7-16(15)18)14-5-6-19-8-13(14)10-20-9-11-1-2-11/h3-4,7,11,13-14,19H,1-2,5-6,8-10H2/t13-,14+/m1/s1. The maximum atomic E-state index is 6.16. The van der Waals surface area contributed by atoms with Gasteiger partial charge in [0.05, 0.1) is 16.7 Å². The van der Waals surface area contributed by atoms with Crippen LogP contribution in [-0.2, 0) is 4.74 Å². The van der Waals surface area contributed by atoms with Gasteiger partial charge in [0.2, 0.25) is 0 Å². The minimum absolute atomic E-state index is 0.519. The van der Waals surface area contributed by atoms with E-state index in [9.17, 15) is 0 Å². The molecule has 0 radical (unpaired) electrons. The first kappa shape index (κ1) is 14.6. The van der Waals surface area contributed by atoms with Crippen LogP contribution in [0, 0.1) is 11.8 Å². The second kappa shape index (κ2) is 6.65. The molecule has 1 saturated heterocycles. The monoisotopic (exact) mass is 313 g/mol. The number of halogens is 2. The van der Waals surface area contributed by atoms with Crippen molar-refractivity contribution in [3.63, 3.8) is 0 Å². The average Bonchev–Trinajstić information content (AvgIpc) is 3.27. The molecule has 20 heavy (non-hydrogen) atoms. The largest absolute Gasteiger partial charge is 0.381 e. The Bertz CT molecular complexity index is 462. The topological polar surface area (TPSA) is 21.3 Å². The van der Waals surface area contributed by atoms with Crippen molar-refractivity contribution in [2.75, 3.05) is 26.3 Å². The fourth-order valence-corrected chi connectivity index (χ4v) is 3.26. The number of ether oxygens (including phenoxy) is 1. The molecule has 4 heteroatoms. The van der Waals surface area contributed by atoms with E-state index in [1.807, 2.05) is 12.1 Å². The van der Waals surface area contributed by atoms with E-state index in [1.54, 1.807) is 0 Å². The molecule has 3 rings (SSSR count). The number of hydrogen-bond acceptors (Lipinski definition) is 2. The van der Waals surface area contributed by atoms with Gasteiger partial charge in [0.15, 0.2) is 0 Å². The Morgan fingerprint density at radius 2 is 1.95 bits per heavy atom. The quantitative estimate of drug-likeness (QED) is 0.883. The SMILES string of the molecule is Clc1ccc([C@@H]2CCNC[C@@H]2COCC2CC2)cc1Cl. The molecule has 2 aliphatic rings. The van der Waals surface area contributed by atoms with Gasteiger partial charge in [0, 0.05) is 19.1 Å². The van der Waals surface area contributed by atoms with Gasteiger partial charge in [-0.25, -0.2) is 0 Å². The van der Waals surface area contributed by atoms with Crippen LogP contribution in [-0.4, -0.2) is 26.3 Å². The summed E-state index contributed by atoms with van der Waals surface area (Å²) >= 11 is 12.2. The molecule has 1 aromatic rings. The van der Waals surface area contributed by atoms with Crippen molar-refractivity contribution in [2.24, 2.45) is 11.8 Å². The van der Waals surface area contributed by atoms with Crippen LogP contribution in [0.25, 0.3) is 0 Å². The second-order valence-corrected chi connectivity index (χ2v) is 6.83. The molecular formula is C16H21Cl2NO. The molecular weight excluding hydrogens is 293 g/mol. The zero-order valence-corrected chi connectivity index (χ0v) is 13.1. The maximum absolute atomic E-state index is 6.16. The number of rotatable bonds is 5. The Morgan fingerprint density at radius 1 is 1.10 bits per heavy atom. The third-order valence-electron chi connectivity index (χ3n) is 4.36. The van der Waals surface area contributed by atoms with Crippen LogP contribution < -0.4 is 5.32 Å². The van der Waals surface area contributed by atoms with Crippen molar-refractivity contribution >= 4 is 23.2 Å². The summed E-state index contributed by atoms with van der Waals surface area (Å²) < 4.78 is 5.90. The Balaban J connectivity index is 1.65. The third-order valence-corrected chi connectivity index (χ3v) is 5.10. The molecule has 1 aromatic carbocycles. The molecule has 0 amide bonds. The molecule has 1 heterocycles. The Labute approximate surface area is 130 Å². The second-order valence-electron chi connectivity index (χ2n) is 6.01. The zero-order valence-electron chi connectivity index (χ0n) is 11.6. The van der Waals surface area contributed by atoms with Crippen LogP contribution in [0.1, 0.15) is 30.7 Å². The number of benzene rings is 1. The molecule has 110 valence electrons. The van der Waals surface area contributed by atoms with Crippen molar-refractivity contribution in [2.45, 2.75) is 25.2 Å². The predicted octanol–water partition coefficient (Wildman–Crippen LogP) is 4.11. The van der Waals surface area contributed by atoms with E-state index >= 15 is 0 Å². The van der Waals surface area contributed by atoms with Crippen LogP contribution in [0.3, 0.4) is 0 Å². The lowest BCUT2D eigenvalue weighted by Crippen LogP contribution is -2.38. The lowest BCUT2D eigenvalue weighted by atomic mass is 9.81. The smallest absolute Gasteiger partial charge is 0.0595 e. The number of hydrogen-bond donors (Lipinski definition) is 1. The number of nitrogens with one attached hydrogen (secondary N) is 1. The first-order valence-electron chi connectivity index (χ1n) is 7.47. The summed E-state index contributed by atoms with van der Waals surface area (Å²) in [4.78, 5) is 0. The van der Waals surface area contributed by atoms with Crippen LogP contribution in [0.5, 0.6) is 0 Å². The highest BCUT2D eigenvalue weighted by molar-refractivity contribution is 6.42. The third kappa shape index (κ3) is 3.67. The first-order chi connectivity index (χ1) is 9.74. The molecule has 2 nitrogen and oxygen atoms in total. The lowest BCUT2D eigenvalue weighted by Gasteiger charge is -2.32. The minimum atomic E-state index is 0.519. The van der Waals surface area contributed by atoms with E-state index < -0.39 is 0 Å². The van der Waals surface area contributed by atoms with E-state index in [2.05, 4.69) is 11.4 Å². The molecule has 1 aliphatic heterocycles. The van der Waals surface area contributed by atoms with Crippen LogP contribution in [0.2, 0.25) is 10.0 Å². The summed E-state index contributed by atoms with van der Waals surface area (Å²) in [7, 11) is 0. The molecule has 0 bridgehead atoms. The lowest BCUT2D eigenvalue weighted by molar-refractivity contribution is 0.0742. The highest BCUT2D eigenvalue weighted by atomic mass is 35.5. The van der Waals surface area contributed by atoms with E-state index in [0.717, 1.165) is 38.6 Å². The van der Waals surface area contributed by atoms with E-state index in [-0.39, 0.29) is 0 Å². The molecule has 1 N–H and O–H groups in total. The Kier molecular flexibility index (Phi) is 4.87. The molecule has 1 saturated carbocycles. The van der Waals surface area contributed by atoms with E-state index in [0.29, 0.717) is 21.9 Å². The van der Waals surface area contributed by atoms with Gasteiger partial charge in [-0.2, -0.15) is 0 Å². The molecule has 2 fully saturated rings. The molecule has 2 atom stereocenters. The summed E-state index contributed by atoms with van der Waals surface area (Å²) in [5, 5.41) is 4.76.